The Kier molecular flexibility index (Phi) is 7.11. The highest BCUT2D eigenvalue weighted by Gasteiger charge is 2.38. The normalized spacial score (nSPS) is 21.0. The number of hydrogen-bond donors (Lipinski definition) is 0. The van der Waals surface area contributed by atoms with E-state index in [1.807, 2.05) is 0 Å². The number of nitrogens with zero attached hydrogens (tertiary/aromatic N) is 4. The Balaban J connectivity index is 1.74. The van der Waals surface area contributed by atoms with Gasteiger partial charge in [-0.1, -0.05) is 93.5 Å². The van der Waals surface area contributed by atoms with E-state index in [9.17, 15) is 0 Å². The fourth-order valence-electron chi connectivity index (χ4n) is 4.90. The Morgan fingerprint density at radius 2 is 0.889 bits per heavy atom. The molecular formula is C32H46N4. The Labute approximate surface area is 219 Å². The van der Waals surface area contributed by atoms with E-state index in [1.54, 1.807) is 0 Å². The van der Waals surface area contributed by atoms with Gasteiger partial charge in [-0.15, -0.1) is 0 Å². The number of benzene rings is 2. The molecule has 0 N–H and O–H groups in total. The van der Waals surface area contributed by atoms with Crippen LogP contribution in [0.3, 0.4) is 0 Å². The summed E-state index contributed by atoms with van der Waals surface area (Å²) in [5, 5.41) is 0. The van der Waals surface area contributed by atoms with Crippen molar-refractivity contribution in [2.45, 2.75) is 92.2 Å². The van der Waals surface area contributed by atoms with Crippen LogP contribution in [-0.2, 0) is 10.8 Å². The Morgan fingerprint density at radius 1 is 0.583 bits per heavy atom. The first-order chi connectivity index (χ1) is 16.8. The highest BCUT2D eigenvalue weighted by Crippen LogP contribution is 2.33. The van der Waals surface area contributed by atoms with E-state index in [1.165, 1.54) is 22.5 Å². The predicted molar refractivity (Wildman–Crippen MR) is 157 cm³/mol. The van der Waals surface area contributed by atoms with Gasteiger partial charge >= 0.3 is 0 Å². The molecule has 2 heterocycles. The quantitative estimate of drug-likeness (QED) is 0.439. The topological polar surface area (TPSA) is 31.2 Å². The minimum absolute atomic E-state index is 0.136. The lowest BCUT2D eigenvalue weighted by atomic mass is 9.87. The van der Waals surface area contributed by atoms with Crippen molar-refractivity contribution in [3.05, 3.63) is 59.7 Å². The van der Waals surface area contributed by atoms with Crippen molar-refractivity contribution in [1.82, 2.24) is 0 Å². The third kappa shape index (κ3) is 5.38. The molecule has 2 aliphatic rings. The Hall–Kier alpha value is -2.62. The Bertz CT molecular complexity index is 1020. The monoisotopic (exact) mass is 486 g/mol. The maximum Gasteiger partial charge on any atom is 0.172 e. The van der Waals surface area contributed by atoms with E-state index in [4.69, 9.17) is 9.98 Å². The molecule has 0 amide bonds. The second kappa shape index (κ2) is 9.68. The minimum atomic E-state index is 0.136. The minimum Gasteiger partial charge on any atom is -0.321 e. The standard InChI is InChI=1S/C32H46N4/c1-21(2)27-19-35(25-15-11-23(12-16-25)31(5,6)7)29(33-27)30-34-28(22(3)4)20-36(30)26-17-13-24(14-18-26)32(8,9)10/h11-18,21-22,27-28H,19-20H2,1-10H3/t27-,28-/m0/s1. The van der Waals surface area contributed by atoms with E-state index >= 15 is 0 Å². The van der Waals surface area contributed by atoms with Crippen LogP contribution in [0.5, 0.6) is 0 Å². The van der Waals surface area contributed by atoms with Crippen LogP contribution in [0, 0.1) is 11.8 Å². The summed E-state index contributed by atoms with van der Waals surface area (Å²) in [6.45, 7) is 24.5. The van der Waals surface area contributed by atoms with Crippen molar-refractivity contribution >= 4 is 23.0 Å². The summed E-state index contributed by atoms with van der Waals surface area (Å²) in [4.78, 5) is 15.4. The summed E-state index contributed by atoms with van der Waals surface area (Å²) in [5.41, 5.74) is 5.37. The fourth-order valence-corrected chi connectivity index (χ4v) is 4.90. The van der Waals surface area contributed by atoms with Crippen LogP contribution >= 0.6 is 0 Å². The molecule has 36 heavy (non-hydrogen) atoms. The van der Waals surface area contributed by atoms with E-state index in [0.717, 1.165) is 24.8 Å². The summed E-state index contributed by atoms with van der Waals surface area (Å²) in [7, 11) is 0. The first-order valence-electron chi connectivity index (χ1n) is 13.7. The number of aliphatic imine (C=N–C) groups is 2. The number of anilines is 2. The molecule has 0 aliphatic carbocycles. The van der Waals surface area contributed by atoms with Gasteiger partial charge in [0, 0.05) is 24.5 Å². The van der Waals surface area contributed by atoms with Gasteiger partial charge in [-0.3, -0.25) is 9.98 Å². The average molecular weight is 487 g/mol. The van der Waals surface area contributed by atoms with Crippen LogP contribution in [0.15, 0.2) is 58.5 Å². The molecule has 0 spiro atoms. The van der Waals surface area contributed by atoms with Crippen LogP contribution in [0.2, 0.25) is 0 Å². The van der Waals surface area contributed by atoms with Crippen molar-refractivity contribution in [1.29, 1.82) is 0 Å². The summed E-state index contributed by atoms with van der Waals surface area (Å²) < 4.78 is 0. The lowest BCUT2D eigenvalue weighted by Crippen LogP contribution is -2.42. The van der Waals surface area contributed by atoms with Crippen LogP contribution < -0.4 is 9.80 Å². The molecule has 0 unspecified atom stereocenters. The zero-order valence-electron chi connectivity index (χ0n) is 24.1. The van der Waals surface area contributed by atoms with Crippen molar-refractivity contribution in [3.8, 4) is 0 Å². The zero-order chi connectivity index (χ0) is 26.4. The molecule has 0 saturated heterocycles. The second-order valence-corrected chi connectivity index (χ2v) is 13.3. The third-order valence-electron chi connectivity index (χ3n) is 7.66. The fraction of sp³-hybridized carbons (Fsp3) is 0.562. The van der Waals surface area contributed by atoms with Crippen LogP contribution in [0.4, 0.5) is 11.4 Å². The summed E-state index contributed by atoms with van der Waals surface area (Å²) in [5.74, 6) is 2.98. The molecule has 0 radical (unpaired) electrons. The molecule has 0 bridgehead atoms. The largest absolute Gasteiger partial charge is 0.321 e. The average Bonchev–Trinajstić information content (AvgIpc) is 3.43. The third-order valence-corrected chi connectivity index (χ3v) is 7.66. The molecule has 2 aromatic carbocycles. The smallest absolute Gasteiger partial charge is 0.172 e. The zero-order valence-corrected chi connectivity index (χ0v) is 24.1. The lowest BCUT2D eigenvalue weighted by Gasteiger charge is -2.28. The van der Waals surface area contributed by atoms with Crippen LogP contribution in [-0.4, -0.2) is 36.8 Å². The molecule has 4 rings (SSSR count). The predicted octanol–water partition coefficient (Wildman–Crippen LogP) is 7.47. The SMILES string of the molecule is CC(C)[C@@H]1CN(c2ccc(C(C)(C)C)cc2)C(C2=N[C@H](C(C)C)CN2c2ccc(C(C)(C)C)cc2)=N1. The van der Waals surface area contributed by atoms with E-state index < -0.39 is 0 Å². The van der Waals surface area contributed by atoms with Gasteiger partial charge < -0.3 is 9.80 Å². The number of hydrogen-bond acceptors (Lipinski definition) is 4. The second-order valence-electron chi connectivity index (χ2n) is 13.3. The molecule has 194 valence electrons. The van der Waals surface area contributed by atoms with Crippen molar-refractivity contribution in [2.24, 2.45) is 21.8 Å². The van der Waals surface area contributed by atoms with Gasteiger partial charge in [-0.05, 0) is 58.1 Å². The highest BCUT2D eigenvalue weighted by molar-refractivity contribution is 6.50. The molecule has 4 nitrogen and oxygen atoms in total. The van der Waals surface area contributed by atoms with Crippen molar-refractivity contribution in [2.75, 3.05) is 22.9 Å². The van der Waals surface area contributed by atoms with Gasteiger partial charge in [0.05, 0.1) is 12.1 Å². The molecular weight excluding hydrogens is 440 g/mol. The summed E-state index contributed by atoms with van der Waals surface area (Å²) in [6.07, 6.45) is 0. The molecule has 2 aliphatic heterocycles. The molecule has 2 atom stereocenters. The molecule has 2 aromatic rings. The van der Waals surface area contributed by atoms with Gasteiger partial charge in [0.1, 0.15) is 0 Å². The van der Waals surface area contributed by atoms with Gasteiger partial charge in [0.15, 0.2) is 11.7 Å². The number of rotatable bonds is 5. The summed E-state index contributed by atoms with van der Waals surface area (Å²) >= 11 is 0. The van der Waals surface area contributed by atoms with E-state index in [-0.39, 0.29) is 22.9 Å². The Morgan fingerprint density at radius 3 is 1.14 bits per heavy atom. The van der Waals surface area contributed by atoms with Gasteiger partial charge in [0.25, 0.3) is 0 Å². The van der Waals surface area contributed by atoms with Crippen LogP contribution in [0.25, 0.3) is 0 Å². The maximum absolute atomic E-state index is 5.30. The summed E-state index contributed by atoms with van der Waals surface area (Å²) in [6, 6.07) is 18.6. The molecule has 0 saturated carbocycles. The number of amidine groups is 2. The highest BCUT2D eigenvalue weighted by atomic mass is 15.4. The first kappa shape index (κ1) is 26.4. The van der Waals surface area contributed by atoms with E-state index in [0.29, 0.717) is 11.8 Å². The first-order valence-corrected chi connectivity index (χ1v) is 13.7. The van der Waals surface area contributed by atoms with Gasteiger partial charge in [-0.25, -0.2) is 0 Å². The van der Waals surface area contributed by atoms with Crippen LogP contribution in [0.1, 0.15) is 80.4 Å². The maximum atomic E-state index is 5.30. The molecule has 0 fully saturated rings. The van der Waals surface area contributed by atoms with E-state index in [2.05, 4.69) is 128 Å². The molecule has 0 aromatic heterocycles. The van der Waals surface area contributed by atoms with Gasteiger partial charge in [0.2, 0.25) is 0 Å². The lowest BCUT2D eigenvalue weighted by molar-refractivity contribution is 0.521. The van der Waals surface area contributed by atoms with Crippen molar-refractivity contribution in [3.63, 3.8) is 0 Å². The molecule has 4 heteroatoms. The van der Waals surface area contributed by atoms with Crippen molar-refractivity contribution < 1.29 is 0 Å². The van der Waals surface area contributed by atoms with Gasteiger partial charge in [-0.2, -0.15) is 0 Å².